The van der Waals surface area contributed by atoms with Gasteiger partial charge in [0.05, 0.1) is 29.5 Å². The largest absolute Gasteiger partial charge is 0.494 e. The van der Waals surface area contributed by atoms with Gasteiger partial charge in [-0.05, 0) is 62.6 Å². The van der Waals surface area contributed by atoms with Gasteiger partial charge in [0, 0.05) is 29.3 Å². The Morgan fingerprint density at radius 1 is 1.06 bits per heavy atom. The summed E-state index contributed by atoms with van der Waals surface area (Å²) < 4.78 is 11.6. The third-order valence-corrected chi connectivity index (χ3v) is 6.46. The molecule has 0 unspecified atom stereocenters. The van der Waals surface area contributed by atoms with Crippen molar-refractivity contribution in [3.63, 3.8) is 0 Å². The van der Waals surface area contributed by atoms with Crippen LogP contribution in [0.4, 0.5) is 0 Å². The van der Waals surface area contributed by atoms with Gasteiger partial charge in [-0.3, -0.25) is 4.79 Å². The molecule has 0 aliphatic rings. The van der Waals surface area contributed by atoms with Gasteiger partial charge in [-0.15, -0.1) is 11.3 Å². The third kappa shape index (κ3) is 8.11. The molecule has 2 aromatic carbocycles. The van der Waals surface area contributed by atoms with Gasteiger partial charge in [-0.2, -0.15) is 5.26 Å². The summed E-state index contributed by atoms with van der Waals surface area (Å²) in [4.78, 5) is 17.7. The fourth-order valence-corrected chi connectivity index (χ4v) is 4.47. The number of carbonyl (C=O) groups excluding carboxylic acids is 1. The summed E-state index contributed by atoms with van der Waals surface area (Å²) in [5, 5.41) is 13.1. The van der Waals surface area contributed by atoms with E-state index in [4.69, 9.17) is 19.7 Å². The molecule has 1 heterocycles. The van der Waals surface area contributed by atoms with Crippen LogP contribution in [0.5, 0.6) is 11.5 Å². The van der Waals surface area contributed by atoms with Crippen LogP contribution in [0.2, 0.25) is 0 Å². The number of nitrogens with zero attached hydrogens (tertiary/aromatic N) is 2. The molecule has 1 N–H and O–H groups in total. The first kappa shape index (κ1) is 26.2. The number of aryl methyl sites for hydroxylation is 1. The number of hydrogen-bond donors (Lipinski definition) is 1. The summed E-state index contributed by atoms with van der Waals surface area (Å²) in [5.74, 6) is 1.55. The summed E-state index contributed by atoms with van der Waals surface area (Å²) in [6.45, 7) is 7.65. The highest BCUT2D eigenvalue weighted by molar-refractivity contribution is 7.12. The number of thiazole rings is 1. The third-order valence-electron chi connectivity index (χ3n) is 5.43. The van der Waals surface area contributed by atoms with E-state index in [1.54, 1.807) is 17.4 Å². The van der Waals surface area contributed by atoms with Crippen LogP contribution in [0, 0.1) is 24.2 Å². The van der Waals surface area contributed by atoms with Gasteiger partial charge in [-0.1, -0.05) is 26.0 Å². The highest BCUT2D eigenvalue weighted by atomic mass is 32.1. The van der Waals surface area contributed by atoms with Crippen LogP contribution in [-0.2, 0) is 11.2 Å². The van der Waals surface area contributed by atoms with E-state index in [1.807, 2.05) is 63.2 Å². The maximum Gasteiger partial charge on any atom is 0.222 e. The van der Waals surface area contributed by atoms with Gasteiger partial charge >= 0.3 is 0 Å². The van der Waals surface area contributed by atoms with Crippen LogP contribution in [0.15, 0.2) is 48.5 Å². The Labute approximate surface area is 211 Å². The first-order valence-corrected chi connectivity index (χ1v) is 12.9. The number of aromatic nitrogens is 1. The standard InChI is InChI=1S/C28H33N3O3S/c1-20(2)28(32)30-16-15-26-27(31-21(3)35-26)22-11-13-24(14-12-22)33-17-7-4-8-18-34-25-10-6-5-9-23(25)19-29/h5-6,9-14,20H,4,7-8,15-18H2,1-3H3,(H,30,32). The zero-order valence-electron chi connectivity index (χ0n) is 20.7. The number of benzene rings is 2. The summed E-state index contributed by atoms with van der Waals surface area (Å²) in [7, 11) is 0. The molecular formula is C28H33N3O3S. The number of hydrogen-bond acceptors (Lipinski definition) is 6. The Morgan fingerprint density at radius 2 is 1.77 bits per heavy atom. The zero-order chi connectivity index (χ0) is 25.0. The van der Waals surface area contributed by atoms with Crippen molar-refractivity contribution in [1.29, 1.82) is 5.26 Å². The minimum absolute atomic E-state index is 0.00883. The van der Waals surface area contributed by atoms with Crippen LogP contribution in [-0.4, -0.2) is 30.6 Å². The van der Waals surface area contributed by atoms with E-state index >= 15 is 0 Å². The number of rotatable bonds is 13. The molecule has 0 saturated heterocycles. The van der Waals surface area contributed by atoms with Crippen molar-refractivity contribution in [2.75, 3.05) is 19.8 Å². The monoisotopic (exact) mass is 491 g/mol. The average Bonchev–Trinajstić information content (AvgIpc) is 3.24. The maximum atomic E-state index is 11.8. The highest BCUT2D eigenvalue weighted by Gasteiger charge is 2.13. The molecule has 6 nitrogen and oxygen atoms in total. The zero-order valence-corrected chi connectivity index (χ0v) is 21.5. The lowest BCUT2D eigenvalue weighted by molar-refractivity contribution is -0.123. The lowest BCUT2D eigenvalue weighted by Gasteiger charge is -2.09. The van der Waals surface area contributed by atoms with Crippen LogP contribution in [0.3, 0.4) is 0 Å². The first-order chi connectivity index (χ1) is 17.0. The molecule has 0 bridgehead atoms. The Hall–Kier alpha value is -3.37. The molecular weight excluding hydrogens is 458 g/mol. The normalized spacial score (nSPS) is 10.7. The van der Waals surface area contributed by atoms with E-state index in [2.05, 4.69) is 11.4 Å². The Balaban J connectivity index is 1.40. The topological polar surface area (TPSA) is 84.2 Å². The van der Waals surface area contributed by atoms with E-state index in [1.165, 1.54) is 4.88 Å². The molecule has 0 radical (unpaired) electrons. The second-order valence-electron chi connectivity index (χ2n) is 8.59. The molecule has 1 amide bonds. The predicted molar refractivity (Wildman–Crippen MR) is 140 cm³/mol. The summed E-state index contributed by atoms with van der Waals surface area (Å²) in [6.07, 6.45) is 3.60. The second kappa shape index (κ2) is 13.5. The molecule has 3 aromatic rings. The van der Waals surface area contributed by atoms with Gasteiger partial charge in [0.25, 0.3) is 0 Å². The summed E-state index contributed by atoms with van der Waals surface area (Å²) in [5.41, 5.74) is 2.61. The fourth-order valence-electron chi connectivity index (χ4n) is 3.51. The van der Waals surface area contributed by atoms with Crippen molar-refractivity contribution in [1.82, 2.24) is 10.3 Å². The number of nitriles is 1. The van der Waals surface area contributed by atoms with Crippen molar-refractivity contribution >= 4 is 17.2 Å². The number of para-hydroxylation sites is 1. The van der Waals surface area contributed by atoms with E-state index in [0.717, 1.165) is 47.7 Å². The van der Waals surface area contributed by atoms with Crippen molar-refractivity contribution < 1.29 is 14.3 Å². The SMILES string of the molecule is Cc1nc(-c2ccc(OCCCCCOc3ccccc3C#N)cc2)c(CCNC(=O)C(C)C)s1. The lowest BCUT2D eigenvalue weighted by atomic mass is 10.1. The number of amides is 1. The van der Waals surface area contributed by atoms with Gasteiger partial charge in [0.15, 0.2) is 0 Å². The number of carbonyl (C=O) groups is 1. The molecule has 7 heteroatoms. The van der Waals surface area contributed by atoms with Crippen LogP contribution >= 0.6 is 11.3 Å². The summed E-state index contributed by atoms with van der Waals surface area (Å²) >= 11 is 1.68. The average molecular weight is 492 g/mol. The smallest absolute Gasteiger partial charge is 0.222 e. The molecule has 0 saturated carbocycles. The van der Waals surface area contributed by atoms with Crippen LogP contribution in [0.1, 0.15) is 48.6 Å². The Kier molecular flexibility index (Phi) is 10.1. The van der Waals surface area contributed by atoms with Crippen molar-refractivity contribution in [2.24, 2.45) is 5.92 Å². The second-order valence-corrected chi connectivity index (χ2v) is 9.88. The molecule has 0 fully saturated rings. The minimum atomic E-state index is -0.00883. The van der Waals surface area contributed by atoms with Crippen LogP contribution in [0.25, 0.3) is 11.3 Å². The Morgan fingerprint density at radius 3 is 2.49 bits per heavy atom. The fraction of sp³-hybridized carbons (Fsp3) is 0.393. The van der Waals surface area contributed by atoms with E-state index in [-0.39, 0.29) is 11.8 Å². The molecule has 0 aliphatic carbocycles. The predicted octanol–water partition coefficient (Wildman–Crippen LogP) is 5.93. The minimum Gasteiger partial charge on any atom is -0.494 e. The first-order valence-electron chi connectivity index (χ1n) is 12.1. The Bertz CT molecular complexity index is 1130. The molecule has 3 rings (SSSR count). The van der Waals surface area contributed by atoms with Gasteiger partial charge in [0.1, 0.15) is 17.6 Å². The summed E-state index contributed by atoms with van der Waals surface area (Å²) in [6, 6.07) is 17.5. The van der Waals surface area contributed by atoms with Gasteiger partial charge in [0.2, 0.25) is 5.91 Å². The van der Waals surface area contributed by atoms with Gasteiger partial charge < -0.3 is 14.8 Å². The number of unbranched alkanes of at least 4 members (excludes halogenated alkanes) is 2. The quantitative estimate of drug-likeness (QED) is 0.300. The number of nitrogens with one attached hydrogen (secondary N) is 1. The van der Waals surface area contributed by atoms with E-state index < -0.39 is 0 Å². The molecule has 0 atom stereocenters. The molecule has 184 valence electrons. The van der Waals surface area contributed by atoms with Crippen LogP contribution < -0.4 is 14.8 Å². The molecule has 1 aromatic heterocycles. The molecule has 0 aliphatic heterocycles. The highest BCUT2D eigenvalue weighted by Crippen LogP contribution is 2.29. The van der Waals surface area contributed by atoms with Crippen molar-refractivity contribution in [3.8, 4) is 28.8 Å². The van der Waals surface area contributed by atoms with Crippen molar-refractivity contribution in [2.45, 2.75) is 46.5 Å². The van der Waals surface area contributed by atoms with E-state index in [9.17, 15) is 4.79 Å². The van der Waals surface area contributed by atoms with Crippen molar-refractivity contribution in [3.05, 3.63) is 64.0 Å². The number of ether oxygens (including phenoxy) is 2. The van der Waals surface area contributed by atoms with E-state index in [0.29, 0.717) is 31.1 Å². The lowest BCUT2D eigenvalue weighted by Crippen LogP contribution is -2.29. The van der Waals surface area contributed by atoms with Gasteiger partial charge in [-0.25, -0.2) is 4.98 Å². The maximum absolute atomic E-state index is 11.8. The molecule has 35 heavy (non-hydrogen) atoms. The molecule has 0 spiro atoms.